The minimum atomic E-state index is -1.54. The van der Waals surface area contributed by atoms with E-state index >= 15 is 0 Å². The lowest BCUT2D eigenvalue weighted by Gasteiger charge is -2.44. The summed E-state index contributed by atoms with van der Waals surface area (Å²) in [6, 6.07) is 0. The van der Waals surface area contributed by atoms with Gasteiger partial charge in [0, 0.05) is 6.54 Å². The molecule has 8 nitrogen and oxygen atoms in total. The monoisotopic (exact) mass is 924 g/mol. The van der Waals surface area contributed by atoms with Crippen molar-refractivity contribution in [3.63, 3.8) is 0 Å². The summed E-state index contributed by atoms with van der Waals surface area (Å²) in [5.74, 6) is 0.252. The van der Waals surface area contributed by atoms with E-state index in [-0.39, 0.29) is 12.0 Å². The number of rotatable bonds is 48. The Morgan fingerprint density at radius 3 is 1.05 bits per heavy atom. The largest absolute Gasteiger partial charge is 0.446 e. The Hall–Kier alpha value is -0.930. The molecule has 0 bridgehead atoms. The Morgan fingerprint density at radius 1 is 0.446 bits per heavy atom. The first-order valence-corrected chi connectivity index (χ1v) is 29.1. The second-order valence-corrected chi connectivity index (χ2v) is 20.8. The van der Waals surface area contributed by atoms with Crippen LogP contribution in [-0.4, -0.2) is 81.3 Å². The molecular weight excluding hydrogens is 811 g/mol. The molecule has 1 aliphatic heterocycles. The van der Waals surface area contributed by atoms with Crippen molar-refractivity contribution in [3.8, 4) is 0 Å². The molecule has 1 saturated heterocycles. The van der Waals surface area contributed by atoms with E-state index in [0.29, 0.717) is 6.54 Å². The summed E-state index contributed by atoms with van der Waals surface area (Å²) < 4.78 is 12.2. The smallest absolute Gasteiger partial charge is 0.412 e. The molecule has 0 spiro atoms. The van der Waals surface area contributed by atoms with Gasteiger partial charge in [-0.05, 0) is 32.1 Å². The van der Waals surface area contributed by atoms with E-state index in [1.807, 2.05) is 6.92 Å². The van der Waals surface area contributed by atoms with Gasteiger partial charge in [-0.1, -0.05) is 278 Å². The minimum absolute atomic E-state index is 0.252. The number of amides is 1. The molecule has 0 aliphatic carbocycles. The average molecular weight is 925 g/mol. The van der Waals surface area contributed by atoms with Crippen molar-refractivity contribution in [1.82, 2.24) is 4.90 Å². The number of carbonyl (C=O) groups is 1. The number of carbonyl (C=O) groups excluding carboxylic acids is 1. The zero-order chi connectivity index (χ0) is 47.4. The van der Waals surface area contributed by atoms with Crippen LogP contribution in [0.2, 0.25) is 0 Å². The van der Waals surface area contributed by atoms with E-state index in [2.05, 4.69) is 20.8 Å². The lowest BCUT2D eigenvalue weighted by molar-refractivity contribution is -0.260. The predicted octanol–water partition coefficient (Wildman–Crippen LogP) is 16.1. The SMILES string of the molecule is CCCCCCCCCCCCCCCCCCC(CCCCCCCCCCC)C(C)OC(=O)N(CCCCCCCCCCCCCCCCCC)C1O[C@H](CO)[C@@H](O)[C@H](O)[C@H]1O. The van der Waals surface area contributed by atoms with Gasteiger partial charge in [-0.2, -0.15) is 0 Å². The molecule has 8 heteroatoms. The molecule has 1 fully saturated rings. The molecule has 1 aliphatic rings. The van der Waals surface area contributed by atoms with Crippen LogP contribution in [0.4, 0.5) is 4.79 Å². The highest BCUT2D eigenvalue weighted by molar-refractivity contribution is 5.68. The Kier molecular flexibility index (Phi) is 43.5. The van der Waals surface area contributed by atoms with Crippen molar-refractivity contribution in [3.05, 3.63) is 0 Å². The highest BCUT2D eigenvalue weighted by Gasteiger charge is 2.47. The van der Waals surface area contributed by atoms with Crippen LogP contribution in [0.1, 0.15) is 304 Å². The van der Waals surface area contributed by atoms with E-state index < -0.39 is 43.3 Å². The molecule has 4 N–H and O–H groups in total. The van der Waals surface area contributed by atoms with Crippen molar-refractivity contribution in [2.24, 2.45) is 5.92 Å². The molecule has 0 aromatic carbocycles. The molecule has 3 unspecified atom stereocenters. The fraction of sp³-hybridized carbons (Fsp3) is 0.982. The third-order valence-electron chi connectivity index (χ3n) is 14.7. The second kappa shape index (κ2) is 45.5. The van der Waals surface area contributed by atoms with Crippen LogP contribution in [-0.2, 0) is 9.47 Å². The van der Waals surface area contributed by atoms with E-state index in [9.17, 15) is 25.2 Å². The summed E-state index contributed by atoms with van der Waals surface area (Å²) in [4.78, 5) is 15.6. The van der Waals surface area contributed by atoms with Crippen LogP contribution in [0.3, 0.4) is 0 Å². The number of nitrogens with zero attached hydrogens (tertiary/aromatic N) is 1. The Labute approximate surface area is 403 Å². The molecule has 1 heterocycles. The van der Waals surface area contributed by atoms with Crippen LogP contribution in [0, 0.1) is 5.92 Å². The molecule has 7 atom stereocenters. The Morgan fingerprint density at radius 2 is 0.738 bits per heavy atom. The van der Waals surface area contributed by atoms with E-state index in [1.165, 1.54) is 236 Å². The van der Waals surface area contributed by atoms with Gasteiger partial charge in [0.1, 0.15) is 30.5 Å². The van der Waals surface area contributed by atoms with Crippen LogP contribution < -0.4 is 0 Å². The maximum absolute atomic E-state index is 14.1. The highest BCUT2D eigenvalue weighted by atomic mass is 16.6. The zero-order valence-corrected chi connectivity index (χ0v) is 43.8. The Balaban J connectivity index is 2.66. The van der Waals surface area contributed by atoms with Gasteiger partial charge in [-0.25, -0.2) is 4.79 Å². The standard InChI is InChI=1S/C57H113NO7/c1-5-8-11-14-17-20-22-24-26-28-30-32-35-38-41-44-47-51(46-43-40-37-34-19-16-13-10-7-3)50(4)64-57(63)58(56-55(62)54(61)53(60)52(49-59)65-56)48-45-42-39-36-33-31-29-27-25-23-21-18-15-12-9-6-2/h50-56,59-62H,5-49H2,1-4H3/t50?,51?,52-,53-,54+,55-,56?/m1/s1. The van der Waals surface area contributed by atoms with Crippen LogP contribution in [0.5, 0.6) is 0 Å². The summed E-state index contributed by atoms with van der Waals surface area (Å²) in [5.41, 5.74) is 0. The number of aliphatic hydroxyl groups excluding tert-OH is 4. The van der Waals surface area contributed by atoms with Gasteiger partial charge in [-0.15, -0.1) is 0 Å². The molecular formula is C57H113NO7. The topological polar surface area (TPSA) is 120 Å². The van der Waals surface area contributed by atoms with Crippen molar-refractivity contribution in [2.45, 2.75) is 341 Å². The first-order valence-electron chi connectivity index (χ1n) is 29.1. The molecule has 0 aromatic heterocycles. The van der Waals surface area contributed by atoms with Gasteiger partial charge >= 0.3 is 6.09 Å². The number of hydrogen-bond donors (Lipinski definition) is 4. The van der Waals surface area contributed by atoms with Gasteiger partial charge in [0.2, 0.25) is 0 Å². The Bertz CT molecular complexity index is 998. The number of ether oxygens (including phenoxy) is 2. The lowest BCUT2D eigenvalue weighted by Crippen LogP contribution is -2.64. The van der Waals surface area contributed by atoms with Gasteiger partial charge in [0.15, 0.2) is 6.23 Å². The third kappa shape index (κ3) is 33.3. The maximum Gasteiger partial charge on any atom is 0.412 e. The molecule has 388 valence electrons. The fourth-order valence-electron chi connectivity index (χ4n) is 10.1. The van der Waals surface area contributed by atoms with Gasteiger partial charge < -0.3 is 29.9 Å². The van der Waals surface area contributed by atoms with Gasteiger partial charge in [-0.3, -0.25) is 4.90 Å². The predicted molar refractivity (Wildman–Crippen MR) is 275 cm³/mol. The van der Waals surface area contributed by atoms with E-state index in [4.69, 9.17) is 9.47 Å². The van der Waals surface area contributed by atoms with E-state index in [1.54, 1.807) is 0 Å². The van der Waals surface area contributed by atoms with Crippen LogP contribution >= 0.6 is 0 Å². The average Bonchev–Trinajstić information content (AvgIpc) is 3.30. The van der Waals surface area contributed by atoms with Crippen molar-refractivity contribution in [1.29, 1.82) is 0 Å². The molecule has 1 amide bonds. The fourth-order valence-corrected chi connectivity index (χ4v) is 10.1. The first-order chi connectivity index (χ1) is 31.8. The number of aliphatic hydroxyl groups is 4. The summed E-state index contributed by atoms with van der Waals surface area (Å²) in [6.45, 7) is 8.65. The number of unbranched alkanes of at least 4 members (excludes halogenated alkanes) is 38. The summed E-state index contributed by atoms with van der Waals surface area (Å²) in [6.07, 6.45) is 47.5. The van der Waals surface area contributed by atoms with Crippen LogP contribution in [0.15, 0.2) is 0 Å². The van der Waals surface area contributed by atoms with Crippen molar-refractivity contribution in [2.75, 3.05) is 13.2 Å². The van der Waals surface area contributed by atoms with Crippen molar-refractivity contribution >= 4 is 6.09 Å². The highest BCUT2D eigenvalue weighted by Crippen LogP contribution is 2.29. The first kappa shape index (κ1) is 62.1. The minimum Gasteiger partial charge on any atom is -0.446 e. The molecule has 65 heavy (non-hydrogen) atoms. The molecule has 0 radical (unpaired) electrons. The molecule has 1 rings (SSSR count). The van der Waals surface area contributed by atoms with E-state index in [0.717, 1.165) is 44.9 Å². The van der Waals surface area contributed by atoms with Crippen molar-refractivity contribution < 1.29 is 34.7 Å². The van der Waals surface area contributed by atoms with Gasteiger partial charge in [0.05, 0.1) is 6.61 Å². The zero-order valence-electron chi connectivity index (χ0n) is 43.8. The molecule has 0 aromatic rings. The third-order valence-corrected chi connectivity index (χ3v) is 14.7. The van der Waals surface area contributed by atoms with Gasteiger partial charge in [0.25, 0.3) is 0 Å². The molecule has 0 saturated carbocycles. The summed E-state index contributed by atoms with van der Waals surface area (Å²) >= 11 is 0. The van der Waals surface area contributed by atoms with Crippen LogP contribution in [0.25, 0.3) is 0 Å². The summed E-state index contributed by atoms with van der Waals surface area (Å²) in [7, 11) is 0. The quantitative estimate of drug-likeness (QED) is 0.0449. The second-order valence-electron chi connectivity index (χ2n) is 20.8. The lowest BCUT2D eigenvalue weighted by atomic mass is 9.90. The summed E-state index contributed by atoms with van der Waals surface area (Å²) in [5, 5.41) is 42.3. The maximum atomic E-state index is 14.1. The normalized spacial score (nSPS) is 19.7. The number of hydrogen-bond acceptors (Lipinski definition) is 7.